The van der Waals surface area contributed by atoms with Gasteiger partial charge in [0.15, 0.2) is 9.79 Å². The van der Waals surface area contributed by atoms with Crippen LogP contribution in [-0.4, -0.2) is 7.11 Å². The third kappa shape index (κ3) is 2.77. The number of ether oxygens (including phenoxy) is 1. The number of methoxy groups -OCH3 is 1. The fourth-order valence-electron chi connectivity index (χ4n) is 1.33. The smallest absolute Gasteiger partial charge is 0.161 e. The molecule has 0 spiro atoms. The summed E-state index contributed by atoms with van der Waals surface area (Å²) in [5, 5.41) is 0. The van der Waals surface area contributed by atoms with E-state index in [-0.39, 0.29) is 0 Å². The van der Waals surface area contributed by atoms with Crippen molar-refractivity contribution in [1.82, 2.24) is 0 Å². The molecule has 2 aromatic carbocycles. The van der Waals surface area contributed by atoms with E-state index in [0.717, 1.165) is 5.75 Å². The fourth-order valence-corrected chi connectivity index (χ4v) is 2.30. The SMILES string of the molecule is COc1cccc([SH+]c2ccccc2)c1. The minimum Gasteiger partial charge on any atom is -0.497 e. The van der Waals surface area contributed by atoms with Crippen LogP contribution in [0.5, 0.6) is 5.75 Å². The Balaban J connectivity index is 2.17. The molecule has 0 bridgehead atoms. The van der Waals surface area contributed by atoms with Crippen molar-refractivity contribution in [3.8, 4) is 5.75 Å². The predicted molar refractivity (Wildman–Crippen MR) is 64.7 cm³/mol. The molecular formula is C13H13OS+. The highest BCUT2D eigenvalue weighted by atomic mass is 32.2. The molecule has 2 aromatic rings. The summed E-state index contributed by atoms with van der Waals surface area (Å²) in [5.41, 5.74) is 0. The van der Waals surface area contributed by atoms with Crippen LogP contribution in [-0.2, 0) is 11.8 Å². The summed E-state index contributed by atoms with van der Waals surface area (Å²) >= 11 is 1.22. The second kappa shape index (κ2) is 4.89. The van der Waals surface area contributed by atoms with Crippen LogP contribution in [0, 0.1) is 0 Å². The summed E-state index contributed by atoms with van der Waals surface area (Å²) in [6.07, 6.45) is 0. The molecule has 0 heterocycles. The van der Waals surface area contributed by atoms with E-state index >= 15 is 0 Å². The molecule has 0 atom stereocenters. The molecule has 1 nitrogen and oxygen atoms in total. The quantitative estimate of drug-likeness (QED) is 0.567. The Morgan fingerprint density at radius 3 is 2.33 bits per heavy atom. The Hall–Kier alpha value is -1.41. The average molecular weight is 217 g/mol. The summed E-state index contributed by atoms with van der Waals surface area (Å²) < 4.78 is 5.19. The van der Waals surface area contributed by atoms with Gasteiger partial charge < -0.3 is 4.74 Å². The van der Waals surface area contributed by atoms with Gasteiger partial charge >= 0.3 is 0 Å². The molecular weight excluding hydrogens is 204 g/mol. The lowest BCUT2D eigenvalue weighted by Crippen LogP contribution is -1.87. The number of hydrogen-bond donors (Lipinski definition) is 0. The van der Waals surface area contributed by atoms with Gasteiger partial charge in [-0.05, 0) is 24.3 Å². The Bertz CT molecular complexity index is 426. The number of thiol groups is 1. The van der Waals surface area contributed by atoms with E-state index < -0.39 is 0 Å². The molecule has 0 N–H and O–H groups in total. The lowest BCUT2D eigenvalue weighted by molar-refractivity contribution is 0.413. The van der Waals surface area contributed by atoms with E-state index in [2.05, 4.69) is 36.4 Å². The van der Waals surface area contributed by atoms with E-state index in [0.29, 0.717) is 0 Å². The molecule has 0 unspecified atom stereocenters. The monoisotopic (exact) mass is 217 g/mol. The van der Waals surface area contributed by atoms with Gasteiger partial charge in [-0.1, -0.05) is 24.3 Å². The Labute approximate surface area is 94.1 Å². The maximum atomic E-state index is 5.19. The minimum atomic E-state index is 0.913. The van der Waals surface area contributed by atoms with Crippen LogP contribution in [0.15, 0.2) is 64.4 Å². The first-order valence-electron chi connectivity index (χ1n) is 4.79. The number of benzene rings is 2. The molecule has 0 saturated heterocycles. The molecule has 0 aliphatic rings. The van der Waals surface area contributed by atoms with Crippen molar-refractivity contribution < 1.29 is 4.74 Å². The third-order valence-corrected chi connectivity index (χ3v) is 3.16. The maximum Gasteiger partial charge on any atom is 0.161 e. The van der Waals surface area contributed by atoms with E-state index in [1.54, 1.807) is 7.11 Å². The summed E-state index contributed by atoms with van der Waals surface area (Å²) in [5.74, 6) is 0.913. The highest BCUT2D eigenvalue weighted by molar-refractivity contribution is 7.78. The summed E-state index contributed by atoms with van der Waals surface area (Å²) in [6.45, 7) is 0. The second-order valence-electron chi connectivity index (χ2n) is 3.15. The van der Waals surface area contributed by atoms with Gasteiger partial charge in [-0.25, -0.2) is 0 Å². The standard InChI is InChI=1S/C13H12OS/c1-14-11-6-5-9-13(10-11)15-12-7-3-2-4-8-12/h2-10H,1H3/p+1. The van der Waals surface area contributed by atoms with Crippen LogP contribution in [0.2, 0.25) is 0 Å². The van der Waals surface area contributed by atoms with Gasteiger partial charge in [-0.15, -0.1) is 0 Å². The molecule has 0 aromatic heterocycles. The second-order valence-corrected chi connectivity index (χ2v) is 4.41. The summed E-state index contributed by atoms with van der Waals surface area (Å²) in [4.78, 5) is 2.55. The van der Waals surface area contributed by atoms with Crippen molar-refractivity contribution in [2.45, 2.75) is 9.79 Å². The lowest BCUT2D eigenvalue weighted by atomic mass is 10.3. The zero-order valence-corrected chi connectivity index (χ0v) is 9.45. The van der Waals surface area contributed by atoms with Crippen LogP contribution in [0.1, 0.15) is 0 Å². The summed E-state index contributed by atoms with van der Waals surface area (Å²) in [6, 6.07) is 18.6. The zero-order valence-electron chi connectivity index (χ0n) is 8.55. The Kier molecular flexibility index (Phi) is 3.30. The Morgan fingerprint density at radius 1 is 0.867 bits per heavy atom. The van der Waals surface area contributed by atoms with Gasteiger partial charge in [-0.2, -0.15) is 0 Å². The van der Waals surface area contributed by atoms with Crippen LogP contribution in [0.25, 0.3) is 0 Å². The molecule has 2 rings (SSSR count). The average Bonchev–Trinajstić information content (AvgIpc) is 2.31. The van der Waals surface area contributed by atoms with E-state index in [4.69, 9.17) is 4.74 Å². The highest BCUT2D eigenvalue weighted by Crippen LogP contribution is 2.17. The van der Waals surface area contributed by atoms with Gasteiger partial charge in [-0.3, -0.25) is 0 Å². The molecule has 0 saturated carbocycles. The largest absolute Gasteiger partial charge is 0.497 e. The van der Waals surface area contributed by atoms with Gasteiger partial charge in [0.25, 0.3) is 0 Å². The van der Waals surface area contributed by atoms with Gasteiger partial charge in [0, 0.05) is 17.8 Å². The van der Waals surface area contributed by atoms with Crippen LogP contribution < -0.4 is 4.74 Å². The fraction of sp³-hybridized carbons (Fsp3) is 0.0769. The van der Waals surface area contributed by atoms with Crippen LogP contribution in [0.4, 0.5) is 0 Å². The molecule has 76 valence electrons. The lowest BCUT2D eigenvalue weighted by Gasteiger charge is -1.98. The predicted octanol–water partition coefficient (Wildman–Crippen LogP) is 2.93. The van der Waals surface area contributed by atoms with Crippen molar-refractivity contribution in [3.05, 3.63) is 54.6 Å². The van der Waals surface area contributed by atoms with Crippen LogP contribution >= 0.6 is 0 Å². The first-order chi connectivity index (χ1) is 7.38. The highest BCUT2D eigenvalue weighted by Gasteiger charge is 2.06. The zero-order chi connectivity index (χ0) is 10.5. The van der Waals surface area contributed by atoms with Crippen molar-refractivity contribution in [3.63, 3.8) is 0 Å². The van der Waals surface area contributed by atoms with Crippen molar-refractivity contribution in [1.29, 1.82) is 0 Å². The number of hydrogen-bond acceptors (Lipinski definition) is 1. The summed E-state index contributed by atoms with van der Waals surface area (Å²) in [7, 11) is 1.69. The van der Waals surface area contributed by atoms with Gasteiger partial charge in [0.1, 0.15) is 5.75 Å². The maximum absolute atomic E-state index is 5.19. The van der Waals surface area contributed by atoms with E-state index in [1.165, 1.54) is 21.6 Å². The molecule has 0 fully saturated rings. The van der Waals surface area contributed by atoms with Gasteiger partial charge in [0.2, 0.25) is 0 Å². The molecule has 0 radical (unpaired) electrons. The number of rotatable bonds is 3. The molecule has 0 aliphatic carbocycles. The van der Waals surface area contributed by atoms with E-state index in [9.17, 15) is 0 Å². The molecule has 0 aliphatic heterocycles. The third-order valence-electron chi connectivity index (χ3n) is 2.07. The van der Waals surface area contributed by atoms with E-state index in [1.807, 2.05) is 18.2 Å². The first-order valence-corrected chi connectivity index (χ1v) is 5.69. The molecule has 15 heavy (non-hydrogen) atoms. The van der Waals surface area contributed by atoms with Crippen molar-refractivity contribution >= 4 is 11.8 Å². The van der Waals surface area contributed by atoms with Crippen molar-refractivity contribution in [2.75, 3.05) is 7.11 Å². The molecule has 2 heteroatoms. The molecule has 0 amide bonds. The van der Waals surface area contributed by atoms with Crippen molar-refractivity contribution in [2.24, 2.45) is 0 Å². The normalized spacial score (nSPS) is 9.93. The van der Waals surface area contributed by atoms with Crippen LogP contribution in [0.3, 0.4) is 0 Å². The first kappa shape index (κ1) is 10.1. The Morgan fingerprint density at radius 2 is 1.60 bits per heavy atom. The minimum absolute atomic E-state index is 0.913. The topological polar surface area (TPSA) is 9.23 Å². The van der Waals surface area contributed by atoms with Gasteiger partial charge in [0.05, 0.1) is 7.11 Å².